The number of aliphatic hydroxyl groups is 1. The lowest BCUT2D eigenvalue weighted by Crippen LogP contribution is -2.62. The van der Waals surface area contributed by atoms with Gasteiger partial charge in [0.05, 0.1) is 19.0 Å². The van der Waals surface area contributed by atoms with Crippen molar-refractivity contribution >= 4 is 21.7 Å². The van der Waals surface area contributed by atoms with Crippen molar-refractivity contribution in [2.75, 3.05) is 43.9 Å². The molecule has 2 unspecified atom stereocenters. The Bertz CT molecular complexity index is 1160. The first-order chi connectivity index (χ1) is 19.2. The van der Waals surface area contributed by atoms with Crippen molar-refractivity contribution in [3.8, 4) is 5.75 Å². The lowest BCUT2D eigenvalue weighted by Gasteiger charge is -2.56. The molecule has 7 aliphatic rings. The van der Waals surface area contributed by atoms with Crippen LogP contribution >= 0.6 is 0 Å². The number of ether oxygens (including phenoxy) is 1. The Morgan fingerprint density at radius 1 is 0.900 bits per heavy atom. The maximum atomic E-state index is 13.5. The van der Waals surface area contributed by atoms with Crippen LogP contribution in [0.2, 0.25) is 0 Å². The predicted molar refractivity (Wildman–Crippen MR) is 153 cm³/mol. The summed E-state index contributed by atoms with van der Waals surface area (Å²) in [4.78, 5) is 17.9. The number of benzene rings is 1. The minimum atomic E-state index is -3.13. The highest BCUT2D eigenvalue weighted by Gasteiger charge is 2.54. The van der Waals surface area contributed by atoms with Crippen molar-refractivity contribution in [2.45, 2.75) is 75.6 Å². The molecule has 0 radical (unpaired) electrons. The van der Waals surface area contributed by atoms with E-state index in [1.807, 2.05) is 12.1 Å². The van der Waals surface area contributed by atoms with E-state index in [4.69, 9.17) is 4.74 Å². The Labute approximate surface area is 238 Å². The molecule has 9 nitrogen and oxygen atoms in total. The van der Waals surface area contributed by atoms with Crippen molar-refractivity contribution in [3.63, 3.8) is 0 Å². The monoisotopic (exact) mass is 572 g/mol. The molecule has 8 rings (SSSR count). The number of amides is 2. The first-order valence-electron chi connectivity index (χ1n) is 15.4. The third kappa shape index (κ3) is 4.98. The van der Waals surface area contributed by atoms with E-state index in [1.54, 1.807) is 0 Å². The Kier molecular flexibility index (Phi) is 6.94. The molecule has 2 atom stereocenters. The van der Waals surface area contributed by atoms with Crippen LogP contribution in [0.3, 0.4) is 0 Å². The van der Waals surface area contributed by atoms with Gasteiger partial charge in [0.2, 0.25) is 10.0 Å². The largest absolute Gasteiger partial charge is 0.493 e. The summed E-state index contributed by atoms with van der Waals surface area (Å²) in [6, 6.07) is 9.20. The number of hydrogen-bond donors (Lipinski definition) is 2. The van der Waals surface area contributed by atoms with E-state index in [2.05, 4.69) is 27.2 Å². The van der Waals surface area contributed by atoms with Crippen LogP contribution in [0.4, 0.5) is 10.5 Å². The zero-order valence-electron chi connectivity index (χ0n) is 23.5. The van der Waals surface area contributed by atoms with Crippen molar-refractivity contribution in [1.29, 1.82) is 0 Å². The molecule has 3 saturated heterocycles. The highest BCUT2D eigenvalue weighted by molar-refractivity contribution is 7.88. The van der Waals surface area contributed by atoms with Gasteiger partial charge in [-0.25, -0.2) is 13.2 Å². The van der Waals surface area contributed by atoms with E-state index in [0.29, 0.717) is 80.5 Å². The van der Waals surface area contributed by atoms with Gasteiger partial charge in [-0.2, -0.15) is 4.31 Å². The average Bonchev–Trinajstić information content (AvgIpc) is 3.20. The van der Waals surface area contributed by atoms with Gasteiger partial charge in [0.1, 0.15) is 5.75 Å². The second-order valence-corrected chi connectivity index (χ2v) is 15.5. The molecular formula is C30H44N4O5S. The fraction of sp³-hybridized carbons (Fsp3) is 0.767. The third-order valence-corrected chi connectivity index (χ3v) is 12.5. The summed E-state index contributed by atoms with van der Waals surface area (Å²) < 4.78 is 31.3. The van der Waals surface area contributed by atoms with Crippen molar-refractivity contribution in [3.05, 3.63) is 24.3 Å². The first kappa shape index (κ1) is 26.8. The van der Waals surface area contributed by atoms with Gasteiger partial charge < -0.3 is 25.0 Å². The second kappa shape index (κ2) is 10.3. The maximum Gasteiger partial charge on any atom is 0.318 e. The topological polar surface area (TPSA) is 102 Å². The molecule has 40 heavy (non-hydrogen) atoms. The van der Waals surface area contributed by atoms with Crippen LogP contribution in [0.5, 0.6) is 5.75 Å². The number of carbonyl (C=O) groups excluding carboxylic acids is 1. The molecule has 0 aromatic heterocycles. The number of aliphatic hydroxyl groups excluding tert-OH is 1. The lowest BCUT2D eigenvalue weighted by molar-refractivity contribution is -0.106. The van der Waals surface area contributed by atoms with Gasteiger partial charge in [-0.3, -0.25) is 0 Å². The van der Waals surface area contributed by atoms with Gasteiger partial charge in [-0.1, -0.05) is 0 Å². The standard InChI is InChI=1S/C30H44N4O5S/c1-40(37,38)33-10-8-32(9-11-33)24-4-6-27(7-5-24)39-18-19-12-25-2-3-26(13-19)34(25)30(36)31-28-20-14-22-16-21(28)17-23(15-20)29(22)35/h4-7,19-23,25-26,28-29,35H,2-3,8-18H2,1H3,(H,31,36). The fourth-order valence-electron chi connectivity index (χ4n) is 9.31. The minimum absolute atomic E-state index is 0.107. The van der Waals surface area contributed by atoms with Crippen LogP contribution in [0, 0.1) is 29.6 Å². The number of rotatable bonds is 6. The Morgan fingerprint density at radius 2 is 1.48 bits per heavy atom. The molecule has 220 valence electrons. The maximum absolute atomic E-state index is 13.5. The minimum Gasteiger partial charge on any atom is -0.493 e. The van der Waals surface area contributed by atoms with Crippen molar-refractivity contribution in [1.82, 2.24) is 14.5 Å². The van der Waals surface area contributed by atoms with E-state index in [1.165, 1.54) is 10.6 Å². The number of anilines is 1. The molecule has 4 aliphatic carbocycles. The van der Waals surface area contributed by atoms with E-state index in [-0.39, 0.29) is 12.1 Å². The van der Waals surface area contributed by atoms with Crippen LogP contribution in [-0.2, 0) is 10.0 Å². The van der Waals surface area contributed by atoms with Crippen LogP contribution < -0.4 is 15.0 Å². The van der Waals surface area contributed by atoms with Gasteiger partial charge >= 0.3 is 6.03 Å². The summed E-state index contributed by atoms with van der Waals surface area (Å²) in [6.07, 6.45) is 9.64. The Morgan fingerprint density at radius 3 is 2.02 bits per heavy atom. The molecule has 7 fully saturated rings. The summed E-state index contributed by atoms with van der Waals surface area (Å²) in [5.41, 5.74) is 1.09. The third-order valence-electron chi connectivity index (χ3n) is 11.2. The van der Waals surface area contributed by atoms with Crippen molar-refractivity contribution < 1.29 is 23.1 Å². The van der Waals surface area contributed by atoms with E-state index >= 15 is 0 Å². The molecule has 3 aliphatic heterocycles. The highest BCUT2D eigenvalue weighted by atomic mass is 32.2. The number of nitrogens with zero attached hydrogens (tertiary/aromatic N) is 3. The van der Waals surface area contributed by atoms with Crippen LogP contribution in [-0.4, -0.2) is 92.0 Å². The van der Waals surface area contributed by atoms with Gasteiger partial charge in [-0.05, 0) is 105 Å². The summed E-state index contributed by atoms with van der Waals surface area (Å²) in [6.45, 7) is 3.08. The quantitative estimate of drug-likeness (QED) is 0.544. The molecule has 2 amide bonds. The summed E-state index contributed by atoms with van der Waals surface area (Å²) in [7, 11) is -3.13. The molecule has 10 heteroatoms. The summed E-state index contributed by atoms with van der Waals surface area (Å²) in [5, 5.41) is 14.0. The number of sulfonamides is 1. The number of piperazine rings is 1. The predicted octanol–water partition coefficient (Wildman–Crippen LogP) is 2.90. The number of piperidine rings is 1. The van der Waals surface area contributed by atoms with Crippen LogP contribution in [0.1, 0.15) is 51.4 Å². The molecule has 4 saturated carbocycles. The summed E-state index contributed by atoms with van der Waals surface area (Å²) >= 11 is 0. The Balaban J connectivity index is 0.893. The second-order valence-electron chi connectivity index (χ2n) is 13.5. The van der Waals surface area contributed by atoms with E-state index in [9.17, 15) is 18.3 Å². The molecule has 1 aromatic carbocycles. The number of urea groups is 1. The van der Waals surface area contributed by atoms with Gasteiger partial charge in [-0.15, -0.1) is 0 Å². The number of fused-ring (bicyclic) bond motifs is 2. The summed E-state index contributed by atoms with van der Waals surface area (Å²) in [5.74, 6) is 3.31. The molecule has 0 spiro atoms. The smallest absolute Gasteiger partial charge is 0.318 e. The number of carbonyl (C=O) groups is 1. The fourth-order valence-corrected chi connectivity index (χ4v) is 10.1. The van der Waals surface area contributed by atoms with Gasteiger partial charge in [0, 0.05) is 50.0 Å². The zero-order valence-corrected chi connectivity index (χ0v) is 24.3. The van der Waals surface area contributed by atoms with Gasteiger partial charge in [0.25, 0.3) is 0 Å². The van der Waals surface area contributed by atoms with Gasteiger partial charge in [0.15, 0.2) is 0 Å². The van der Waals surface area contributed by atoms with Crippen LogP contribution in [0.25, 0.3) is 0 Å². The Hall–Kier alpha value is -2.04. The zero-order chi connectivity index (χ0) is 27.6. The first-order valence-corrected chi connectivity index (χ1v) is 17.3. The molecule has 2 N–H and O–H groups in total. The molecule has 6 bridgehead atoms. The normalized spacial score (nSPS) is 39.0. The molecule has 1 aromatic rings. The van der Waals surface area contributed by atoms with Crippen molar-refractivity contribution in [2.24, 2.45) is 29.6 Å². The average molecular weight is 573 g/mol. The van der Waals surface area contributed by atoms with Crippen LogP contribution in [0.15, 0.2) is 24.3 Å². The highest BCUT2D eigenvalue weighted by Crippen LogP contribution is 2.54. The van der Waals surface area contributed by atoms with E-state index in [0.717, 1.165) is 62.8 Å². The SMILES string of the molecule is CS(=O)(=O)N1CCN(c2ccc(OCC3CC4CCC(C3)N4C(=O)NC3C4CC5CC3CC(C4)C5O)cc2)CC1. The number of nitrogens with one attached hydrogen (secondary N) is 1. The molecular weight excluding hydrogens is 528 g/mol. The van der Waals surface area contributed by atoms with E-state index < -0.39 is 10.0 Å². The lowest BCUT2D eigenvalue weighted by atomic mass is 9.53. The number of hydrogen-bond acceptors (Lipinski definition) is 6. The molecule has 3 heterocycles.